The van der Waals surface area contributed by atoms with Crippen molar-refractivity contribution in [2.24, 2.45) is 0 Å². The number of cyclic esters (lactones) is 1. The first kappa shape index (κ1) is 25.7. The molecule has 1 saturated heterocycles. The average Bonchev–Trinajstić information content (AvgIpc) is 3.30. The molecule has 9 nitrogen and oxygen atoms in total. The molecule has 0 amide bonds. The third-order valence-electron chi connectivity index (χ3n) is 6.84. The number of morpholine rings is 1. The number of ether oxygens (including phenoxy) is 4. The van der Waals surface area contributed by atoms with Gasteiger partial charge in [0.1, 0.15) is 46.4 Å². The Hall–Kier alpha value is -4.57. The van der Waals surface area contributed by atoms with Crippen molar-refractivity contribution in [2.75, 3.05) is 31.2 Å². The van der Waals surface area contributed by atoms with Crippen molar-refractivity contribution in [2.45, 2.75) is 26.2 Å². The van der Waals surface area contributed by atoms with Crippen LogP contribution in [0, 0.1) is 5.82 Å². The van der Waals surface area contributed by atoms with E-state index in [1.165, 1.54) is 24.3 Å². The summed E-state index contributed by atoms with van der Waals surface area (Å²) in [6.45, 7) is 5.53. The maximum atomic E-state index is 13.6. The van der Waals surface area contributed by atoms with Crippen molar-refractivity contribution >= 4 is 28.6 Å². The van der Waals surface area contributed by atoms with Gasteiger partial charge in [0.15, 0.2) is 0 Å². The molecule has 0 bridgehead atoms. The number of carbonyl (C=O) groups is 2. The maximum absolute atomic E-state index is 13.6. The lowest BCUT2D eigenvalue weighted by molar-refractivity contribution is -0.127. The van der Waals surface area contributed by atoms with E-state index in [9.17, 15) is 19.1 Å². The summed E-state index contributed by atoms with van der Waals surface area (Å²) in [6, 6.07) is 14.0. The van der Waals surface area contributed by atoms with Crippen LogP contribution in [-0.2, 0) is 16.1 Å². The number of furan rings is 1. The Morgan fingerprint density at radius 1 is 1.07 bits per heavy atom. The first-order chi connectivity index (χ1) is 19.2. The van der Waals surface area contributed by atoms with Gasteiger partial charge in [-0.05, 0) is 36.4 Å². The number of aromatic carboxylic acids is 1. The molecule has 4 aromatic rings. The van der Waals surface area contributed by atoms with Crippen molar-refractivity contribution in [3.05, 3.63) is 77.1 Å². The molecule has 206 valence electrons. The molecule has 1 N–H and O–H groups in total. The van der Waals surface area contributed by atoms with Crippen LogP contribution in [0.25, 0.3) is 22.3 Å². The number of esters is 1. The molecule has 0 spiro atoms. The van der Waals surface area contributed by atoms with E-state index in [0.29, 0.717) is 65.6 Å². The Balaban J connectivity index is 1.44. The lowest BCUT2D eigenvalue weighted by atomic mass is 10.0. The van der Waals surface area contributed by atoms with Gasteiger partial charge in [0.05, 0.1) is 18.9 Å². The first-order valence-corrected chi connectivity index (χ1v) is 12.8. The Morgan fingerprint density at radius 3 is 2.55 bits per heavy atom. The highest BCUT2D eigenvalue weighted by Gasteiger charge is 2.35. The van der Waals surface area contributed by atoms with Crippen molar-refractivity contribution in [3.63, 3.8) is 0 Å². The second-order valence-corrected chi connectivity index (χ2v) is 10.0. The highest BCUT2D eigenvalue weighted by atomic mass is 19.1. The molecule has 2 aliphatic rings. The second kappa shape index (κ2) is 9.87. The zero-order valence-corrected chi connectivity index (χ0v) is 21.9. The van der Waals surface area contributed by atoms with Crippen molar-refractivity contribution in [1.82, 2.24) is 0 Å². The summed E-state index contributed by atoms with van der Waals surface area (Å²) < 4.78 is 42.7. The quantitative estimate of drug-likeness (QED) is 0.307. The van der Waals surface area contributed by atoms with E-state index in [1.54, 1.807) is 44.2 Å². The molecule has 0 saturated carbocycles. The van der Waals surface area contributed by atoms with Crippen LogP contribution >= 0.6 is 0 Å². The number of carboxylic acids is 1. The van der Waals surface area contributed by atoms with E-state index in [2.05, 4.69) is 4.90 Å². The maximum Gasteiger partial charge on any atom is 0.345 e. The van der Waals surface area contributed by atoms with E-state index in [4.69, 9.17) is 23.4 Å². The van der Waals surface area contributed by atoms with Crippen LogP contribution in [0.4, 0.5) is 10.1 Å². The molecule has 1 fully saturated rings. The zero-order chi connectivity index (χ0) is 28.0. The number of rotatable bonds is 6. The monoisotopic (exact) mass is 547 g/mol. The standard InChI is InChI=1S/C30H26FNO8/c1-30(2)39-22-5-3-4-18(25(22)29(35)40-30)16-37-24-14-20-23(15-21(24)32-10-12-36-13-11-32)38-27(26(20)28(33)34)17-6-8-19(31)9-7-17/h3-9,14-15H,10-13,16H2,1-2H3,(H,33,34). The van der Waals surface area contributed by atoms with Crippen LogP contribution in [0.1, 0.15) is 40.1 Å². The smallest absolute Gasteiger partial charge is 0.345 e. The van der Waals surface area contributed by atoms with E-state index < -0.39 is 23.5 Å². The summed E-state index contributed by atoms with van der Waals surface area (Å²) in [5.74, 6) is -2.31. The highest BCUT2D eigenvalue weighted by Crippen LogP contribution is 2.41. The van der Waals surface area contributed by atoms with Crippen molar-refractivity contribution in [1.29, 1.82) is 0 Å². The fourth-order valence-electron chi connectivity index (χ4n) is 5.03. The summed E-state index contributed by atoms with van der Waals surface area (Å²) in [4.78, 5) is 27.3. The summed E-state index contributed by atoms with van der Waals surface area (Å²) in [5.41, 5.74) is 2.26. The Bertz CT molecular complexity index is 1620. The third-order valence-corrected chi connectivity index (χ3v) is 6.84. The number of fused-ring (bicyclic) bond motifs is 2. The fourth-order valence-corrected chi connectivity index (χ4v) is 5.03. The Labute approximate surface area is 228 Å². The van der Waals surface area contributed by atoms with Crippen molar-refractivity contribution in [3.8, 4) is 22.8 Å². The van der Waals surface area contributed by atoms with Gasteiger partial charge in [-0.1, -0.05) is 12.1 Å². The molecule has 3 aromatic carbocycles. The SMILES string of the molecule is CC1(C)OC(=O)c2c(COc3cc4c(C(=O)O)c(-c5ccc(F)cc5)oc4cc3N3CCOCC3)cccc2O1. The number of carboxylic acid groups (broad SMARTS) is 1. The topological polar surface area (TPSA) is 108 Å². The van der Waals surface area contributed by atoms with Crippen LogP contribution in [-0.4, -0.2) is 49.1 Å². The minimum atomic E-state index is -1.19. The van der Waals surface area contributed by atoms with Crippen molar-refractivity contribution < 1.29 is 42.5 Å². The van der Waals surface area contributed by atoms with E-state index in [-0.39, 0.29) is 23.5 Å². The molecule has 0 unspecified atom stereocenters. The molecule has 10 heteroatoms. The normalized spacial score (nSPS) is 16.3. The second-order valence-electron chi connectivity index (χ2n) is 10.0. The molecule has 0 atom stereocenters. The molecular weight excluding hydrogens is 521 g/mol. The van der Waals surface area contributed by atoms with Gasteiger partial charge in [0.2, 0.25) is 5.79 Å². The summed E-state index contributed by atoms with van der Waals surface area (Å²) in [5, 5.41) is 10.5. The fraction of sp³-hybridized carbons (Fsp3) is 0.267. The minimum absolute atomic E-state index is 0.00398. The van der Waals surface area contributed by atoms with Gasteiger partial charge in [-0.2, -0.15) is 0 Å². The number of hydrogen-bond donors (Lipinski definition) is 1. The van der Waals surface area contributed by atoms with Gasteiger partial charge in [-0.25, -0.2) is 14.0 Å². The van der Waals surface area contributed by atoms with Crippen LogP contribution in [0.2, 0.25) is 0 Å². The van der Waals surface area contributed by atoms with Crippen LogP contribution in [0.3, 0.4) is 0 Å². The number of benzene rings is 3. The number of nitrogens with zero attached hydrogens (tertiary/aromatic N) is 1. The van der Waals surface area contributed by atoms with E-state index in [0.717, 1.165) is 0 Å². The molecule has 1 aromatic heterocycles. The minimum Gasteiger partial charge on any atom is -0.487 e. The number of hydrogen-bond acceptors (Lipinski definition) is 8. The average molecular weight is 548 g/mol. The summed E-state index contributed by atoms with van der Waals surface area (Å²) >= 11 is 0. The van der Waals surface area contributed by atoms with E-state index in [1.807, 2.05) is 0 Å². The number of carbonyl (C=O) groups excluding carboxylic acids is 1. The molecule has 2 aliphatic heterocycles. The molecule has 3 heterocycles. The number of halogens is 1. The first-order valence-electron chi connectivity index (χ1n) is 12.8. The van der Waals surface area contributed by atoms with Gasteiger partial charge in [-0.15, -0.1) is 0 Å². The summed E-state index contributed by atoms with van der Waals surface area (Å²) in [7, 11) is 0. The Kier molecular flexibility index (Phi) is 6.34. The lowest BCUT2D eigenvalue weighted by Crippen LogP contribution is -2.39. The predicted octanol–water partition coefficient (Wildman–Crippen LogP) is 5.64. The van der Waals surface area contributed by atoms with Crippen LogP contribution in [0.15, 0.2) is 59.0 Å². The predicted molar refractivity (Wildman–Crippen MR) is 142 cm³/mol. The van der Waals surface area contributed by atoms with Gasteiger partial charge < -0.3 is 33.4 Å². The van der Waals surface area contributed by atoms with Gasteiger partial charge in [0, 0.05) is 49.5 Å². The molecule has 0 aliphatic carbocycles. The number of anilines is 1. The van der Waals surface area contributed by atoms with Gasteiger partial charge in [0.25, 0.3) is 0 Å². The molecular formula is C30H26FNO8. The highest BCUT2D eigenvalue weighted by molar-refractivity contribution is 6.09. The van der Waals surface area contributed by atoms with Crippen LogP contribution < -0.4 is 14.4 Å². The largest absolute Gasteiger partial charge is 0.487 e. The lowest BCUT2D eigenvalue weighted by Gasteiger charge is -2.32. The third kappa shape index (κ3) is 4.71. The Morgan fingerprint density at radius 2 is 1.82 bits per heavy atom. The van der Waals surface area contributed by atoms with E-state index >= 15 is 0 Å². The van der Waals surface area contributed by atoms with Gasteiger partial charge >= 0.3 is 11.9 Å². The van der Waals surface area contributed by atoms with Crippen LogP contribution in [0.5, 0.6) is 11.5 Å². The molecule has 0 radical (unpaired) electrons. The zero-order valence-electron chi connectivity index (χ0n) is 21.9. The summed E-state index contributed by atoms with van der Waals surface area (Å²) in [6.07, 6.45) is 0. The van der Waals surface area contributed by atoms with Gasteiger partial charge in [-0.3, -0.25) is 0 Å². The molecule has 6 rings (SSSR count). The molecule has 40 heavy (non-hydrogen) atoms.